The van der Waals surface area contributed by atoms with E-state index in [0.717, 1.165) is 11.3 Å². The summed E-state index contributed by atoms with van der Waals surface area (Å²) in [6.45, 7) is 3.17. The number of carbonyl (C=O) groups is 1. The van der Waals surface area contributed by atoms with Crippen LogP contribution in [0, 0.1) is 0 Å². The topological polar surface area (TPSA) is 74.8 Å². The second-order valence-electron chi connectivity index (χ2n) is 5.97. The van der Waals surface area contributed by atoms with E-state index in [4.69, 9.17) is 16.3 Å². The lowest BCUT2D eigenvalue weighted by atomic mass is 10.1. The number of hydrogen-bond acceptors (Lipinski definition) is 3. The quantitative estimate of drug-likeness (QED) is 0.299. The fraction of sp³-hybridized carbons (Fsp3) is 0.300. The third-order valence-electron chi connectivity index (χ3n) is 3.83. The van der Waals surface area contributed by atoms with Gasteiger partial charge < -0.3 is 20.7 Å². The van der Waals surface area contributed by atoms with Gasteiger partial charge in [0.2, 0.25) is 0 Å². The van der Waals surface area contributed by atoms with Crippen LogP contribution in [0.15, 0.2) is 53.5 Å². The molecule has 0 heterocycles. The SMILES string of the molecule is CN=C(NCc1ccc(C(=O)NC)cc1)NCC(C)Oc1ccc(Cl)cc1.I. The zero-order valence-corrected chi connectivity index (χ0v) is 19.2. The summed E-state index contributed by atoms with van der Waals surface area (Å²) in [6.07, 6.45) is -0.0448. The Morgan fingerprint density at radius 1 is 1.11 bits per heavy atom. The average molecular weight is 517 g/mol. The van der Waals surface area contributed by atoms with Gasteiger partial charge in [0, 0.05) is 31.2 Å². The van der Waals surface area contributed by atoms with Gasteiger partial charge >= 0.3 is 0 Å². The van der Waals surface area contributed by atoms with Gasteiger partial charge in [0.15, 0.2) is 5.96 Å². The molecule has 2 aromatic rings. The van der Waals surface area contributed by atoms with Crippen molar-refractivity contribution in [1.82, 2.24) is 16.0 Å². The molecule has 0 bridgehead atoms. The summed E-state index contributed by atoms with van der Waals surface area (Å²) in [6, 6.07) is 14.7. The number of nitrogens with one attached hydrogen (secondary N) is 3. The summed E-state index contributed by atoms with van der Waals surface area (Å²) < 4.78 is 5.83. The van der Waals surface area contributed by atoms with Gasteiger partial charge in [0.1, 0.15) is 11.9 Å². The van der Waals surface area contributed by atoms with E-state index in [1.54, 1.807) is 38.4 Å². The maximum Gasteiger partial charge on any atom is 0.251 e. The summed E-state index contributed by atoms with van der Waals surface area (Å²) in [5.41, 5.74) is 1.69. The van der Waals surface area contributed by atoms with Crippen molar-refractivity contribution >= 4 is 47.4 Å². The number of ether oxygens (including phenoxy) is 1. The van der Waals surface area contributed by atoms with Crippen molar-refractivity contribution in [3.05, 3.63) is 64.7 Å². The first-order chi connectivity index (χ1) is 13.0. The summed E-state index contributed by atoms with van der Waals surface area (Å²) in [4.78, 5) is 15.8. The molecular weight excluding hydrogens is 491 g/mol. The normalized spacial score (nSPS) is 11.8. The molecule has 1 atom stereocenters. The summed E-state index contributed by atoms with van der Waals surface area (Å²) in [5.74, 6) is 1.35. The van der Waals surface area contributed by atoms with Crippen LogP contribution in [0.3, 0.4) is 0 Å². The lowest BCUT2D eigenvalue weighted by molar-refractivity contribution is 0.0963. The molecule has 2 rings (SSSR count). The van der Waals surface area contributed by atoms with Crippen molar-refractivity contribution < 1.29 is 9.53 Å². The first kappa shape index (κ1) is 24.0. The van der Waals surface area contributed by atoms with Crippen molar-refractivity contribution in [2.24, 2.45) is 4.99 Å². The predicted octanol–water partition coefficient (Wildman–Crippen LogP) is 3.45. The minimum atomic E-state index is -0.0957. The molecule has 0 spiro atoms. The van der Waals surface area contributed by atoms with Crippen LogP contribution in [-0.4, -0.2) is 38.6 Å². The van der Waals surface area contributed by atoms with Crippen LogP contribution >= 0.6 is 35.6 Å². The van der Waals surface area contributed by atoms with Crippen LogP contribution in [0.1, 0.15) is 22.8 Å². The van der Waals surface area contributed by atoms with Crippen LogP contribution in [-0.2, 0) is 6.54 Å². The van der Waals surface area contributed by atoms with E-state index in [1.165, 1.54) is 0 Å². The molecule has 0 aliphatic heterocycles. The summed E-state index contributed by atoms with van der Waals surface area (Å²) in [5, 5.41) is 9.76. The average Bonchev–Trinajstić information content (AvgIpc) is 2.69. The maximum atomic E-state index is 11.6. The summed E-state index contributed by atoms with van der Waals surface area (Å²) in [7, 11) is 3.33. The Kier molecular flexibility index (Phi) is 10.7. The monoisotopic (exact) mass is 516 g/mol. The van der Waals surface area contributed by atoms with Crippen molar-refractivity contribution in [2.75, 3.05) is 20.6 Å². The highest BCUT2D eigenvalue weighted by Crippen LogP contribution is 2.16. The number of halogens is 2. The van der Waals surface area contributed by atoms with Crippen LogP contribution < -0.4 is 20.7 Å². The smallest absolute Gasteiger partial charge is 0.251 e. The van der Waals surface area contributed by atoms with E-state index in [-0.39, 0.29) is 36.0 Å². The third kappa shape index (κ3) is 7.93. The molecule has 0 radical (unpaired) electrons. The Balaban J connectivity index is 0.00000392. The molecule has 0 saturated heterocycles. The number of amides is 1. The van der Waals surface area contributed by atoms with E-state index in [9.17, 15) is 4.79 Å². The van der Waals surface area contributed by atoms with Crippen LogP contribution in [0.2, 0.25) is 5.02 Å². The fourth-order valence-corrected chi connectivity index (χ4v) is 2.48. The Labute approximate surface area is 188 Å². The number of carbonyl (C=O) groups excluding carboxylic acids is 1. The van der Waals surface area contributed by atoms with Gasteiger partial charge in [0.05, 0.1) is 6.54 Å². The number of nitrogens with zero attached hydrogens (tertiary/aromatic N) is 1. The van der Waals surface area contributed by atoms with Crippen molar-refractivity contribution in [2.45, 2.75) is 19.6 Å². The van der Waals surface area contributed by atoms with Gasteiger partial charge in [-0.3, -0.25) is 9.79 Å². The molecule has 28 heavy (non-hydrogen) atoms. The molecule has 0 aliphatic carbocycles. The zero-order valence-electron chi connectivity index (χ0n) is 16.2. The molecule has 3 N–H and O–H groups in total. The molecule has 0 saturated carbocycles. The zero-order chi connectivity index (χ0) is 19.6. The van der Waals surface area contributed by atoms with Gasteiger partial charge in [-0.25, -0.2) is 0 Å². The van der Waals surface area contributed by atoms with Gasteiger partial charge in [-0.2, -0.15) is 0 Å². The van der Waals surface area contributed by atoms with Crippen LogP contribution in [0.5, 0.6) is 5.75 Å². The Hall–Kier alpha value is -2.00. The van der Waals surface area contributed by atoms with Crippen molar-refractivity contribution in [1.29, 1.82) is 0 Å². The van der Waals surface area contributed by atoms with E-state index >= 15 is 0 Å². The number of rotatable bonds is 7. The molecule has 0 aliphatic rings. The number of aliphatic imine (C=N–C) groups is 1. The Morgan fingerprint density at radius 2 is 1.75 bits per heavy atom. The molecule has 0 aromatic heterocycles. The van der Waals surface area contributed by atoms with E-state index in [1.807, 2.05) is 31.2 Å². The van der Waals surface area contributed by atoms with Gasteiger partial charge in [-0.15, -0.1) is 24.0 Å². The van der Waals surface area contributed by atoms with E-state index < -0.39 is 0 Å². The Morgan fingerprint density at radius 3 is 2.32 bits per heavy atom. The predicted molar refractivity (Wildman–Crippen MR) is 125 cm³/mol. The van der Waals surface area contributed by atoms with Crippen LogP contribution in [0.25, 0.3) is 0 Å². The molecule has 1 amide bonds. The lowest BCUT2D eigenvalue weighted by Gasteiger charge is -2.18. The highest BCUT2D eigenvalue weighted by molar-refractivity contribution is 14.0. The minimum absolute atomic E-state index is 0. The number of benzene rings is 2. The second kappa shape index (κ2) is 12.5. The lowest BCUT2D eigenvalue weighted by Crippen LogP contribution is -2.41. The Bertz CT molecular complexity index is 767. The largest absolute Gasteiger partial charge is 0.489 e. The van der Waals surface area contributed by atoms with Gasteiger partial charge in [-0.05, 0) is 48.9 Å². The minimum Gasteiger partial charge on any atom is -0.489 e. The van der Waals surface area contributed by atoms with E-state index in [2.05, 4.69) is 20.9 Å². The van der Waals surface area contributed by atoms with Gasteiger partial charge in [0.25, 0.3) is 5.91 Å². The summed E-state index contributed by atoms with van der Waals surface area (Å²) >= 11 is 5.87. The molecule has 152 valence electrons. The second-order valence-corrected chi connectivity index (χ2v) is 6.40. The highest BCUT2D eigenvalue weighted by atomic mass is 127. The molecular formula is C20H26ClIN4O2. The van der Waals surface area contributed by atoms with Crippen LogP contribution in [0.4, 0.5) is 0 Å². The fourth-order valence-electron chi connectivity index (χ4n) is 2.35. The van der Waals surface area contributed by atoms with Crippen molar-refractivity contribution in [3.8, 4) is 5.75 Å². The van der Waals surface area contributed by atoms with Gasteiger partial charge in [-0.1, -0.05) is 23.7 Å². The molecule has 0 fully saturated rings. The first-order valence-electron chi connectivity index (χ1n) is 8.69. The standard InChI is InChI=1S/C20H25ClN4O2.HI/c1-14(27-18-10-8-17(21)9-11-18)12-24-20(23-3)25-13-15-4-6-16(7-5-15)19(26)22-2;/h4-11,14H,12-13H2,1-3H3,(H,22,26)(H2,23,24,25);1H. The third-order valence-corrected chi connectivity index (χ3v) is 4.09. The molecule has 2 aromatic carbocycles. The maximum absolute atomic E-state index is 11.6. The number of hydrogen-bond donors (Lipinski definition) is 3. The molecule has 1 unspecified atom stereocenters. The molecule has 8 heteroatoms. The number of guanidine groups is 1. The molecule has 6 nitrogen and oxygen atoms in total. The van der Waals surface area contributed by atoms with E-state index in [0.29, 0.717) is 29.6 Å². The first-order valence-corrected chi connectivity index (χ1v) is 9.07. The van der Waals surface area contributed by atoms with Crippen molar-refractivity contribution in [3.63, 3.8) is 0 Å². The highest BCUT2D eigenvalue weighted by Gasteiger charge is 2.07.